The lowest BCUT2D eigenvalue weighted by Gasteiger charge is -2.31. The van der Waals surface area contributed by atoms with Crippen molar-refractivity contribution in [2.75, 3.05) is 24.6 Å². The summed E-state index contributed by atoms with van der Waals surface area (Å²) >= 11 is 0. The molecular weight excluding hydrogens is 372 g/mol. The second kappa shape index (κ2) is 10.4. The first-order valence-electron chi connectivity index (χ1n) is 9.84. The molecule has 1 aromatic carbocycles. The zero-order chi connectivity index (χ0) is 20.5. The van der Waals surface area contributed by atoms with Crippen LogP contribution in [-0.4, -0.2) is 46.6 Å². The van der Waals surface area contributed by atoms with Crippen LogP contribution in [0.4, 0.5) is 5.82 Å². The molecule has 1 aromatic heterocycles. The van der Waals surface area contributed by atoms with Gasteiger partial charge in [0.15, 0.2) is 0 Å². The highest BCUT2D eigenvalue weighted by Crippen LogP contribution is 2.21. The molecule has 1 aliphatic rings. The van der Waals surface area contributed by atoms with E-state index in [1.54, 1.807) is 18.6 Å². The van der Waals surface area contributed by atoms with E-state index in [-0.39, 0.29) is 18.2 Å². The van der Waals surface area contributed by atoms with Crippen molar-refractivity contribution < 1.29 is 19.4 Å². The number of hydrogen-bond donors (Lipinski definition) is 2. The summed E-state index contributed by atoms with van der Waals surface area (Å²) in [5, 5.41) is 11.6. The van der Waals surface area contributed by atoms with Crippen molar-refractivity contribution in [1.29, 1.82) is 0 Å². The van der Waals surface area contributed by atoms with Crippen LogP contribution in [0.15, 0.2) is 42.9 Å². The monoisotopic (exact) mass is 398 g/mol. The number of hydrogen-bond acceptors (Lipinski definition) is 6. The predicted molar refractivity (Wildman–Crippen MR) is 108 cm³/mol. The van der Waals surface area contributed by atoms with Crippen LogP contribution in [0.25, 0.3) is 0 Å². The average molecular weight is 398 g/mol. The fourth-order valence-electron chi connectivity index (χ4n) is 3.28. The number of nitrogens with zero attached hydrogens (tertiary/aromatic N) is 3. The van der Waals surface area contributed by atoms with Crippen molar-refractivity contribution in [2.24, 2.45) is 5.92 Å². The summed E-state index contributed by atoms with van der Waals surface area (Å²) < 4.78 is 5.51. The quantitative estimate of drug-likeness (QED) is 0.624. The Morgan fingerprint density at radius 3 is 2.59 bits per heavy atom. The number of aromatic nitrogens is 2. The van der Waals surface area contributed by atoms with Gasteiger partial charge in [0.05, 0.1) is 12.8 Å². The Balaban J connectivity index is 1.38. The van der Waals surface area contributed by atoms with Crippen molar-refractivity contribution in [3.05, 3.63) is 48.4 Å². The largest absolute Gasteiger partial charge is 0.494 e. The maximum atomic E-state index is 12.5. The van der Waals surface area contributed by atoms with Gasteiger partial charge >= 0.3 is 5.97 Å². The van der Waals surface area contributed by atoms with Gasteiger partial charge in [-0.3, -0.25) is 14.6 Å². The van der Waals surface area contributed by atoms with Gasteiger partial charge in [0, 0.05) is 44.4 Å². The first-order chi connectivity index (χ1) is 14.1. The number of amides is 1. The molecule has 0 radical (unpaired) electrons. The summed E-state index contributed by atoms with van der Waals surface area (Å²) in [6.45, 7) is 2.44. The Bertz CT molecular complexity index is 790. The molecule has 0 unspecified atom stereocenters. The molecule has 0 saturated carbocycles. The SMILES string of the molecule is O=C(O)CCCOc1ccc(CNC(=O)C2CCN(c3cnccn3)CC2)cc1. The molecule has 1 amide bonds. The van der Waals surface area contributed by atoms with Crippen LogP contribution in [0.2, 0.25) is 0 Å². The van der Waals surface area contributed by atoms with E-state index in [0.717, 1.165) is 37.3 Å². The Hall–Kier alpha value is -3.16. The fraction of sp³-hybridized carbons (Fsp3) is 0.429. The summed E-state index contributed by atoms with van der Waals surface area (Å²) in [7, 11) is 0. The molecule has 8 heteroatoms. The molecule has 2 heterocycles. The van der Waals surface area contributed by atoms with Crippen molar-refractivity contribution in [3.63, 3.8) is 0 Å². The number of carboxylic acids is 1. The molecule has 2 N–H and O–H groups in total. The van der Waals surface area contributed by atoms with Crippen LogP contribution in [0.5, 0.6) is 5.75 Å². The number of anilines is 1. The fourth-order valence-corrected chi connectivity index (χ4v) is 3.28. The first-order valence-corrected chi connectivity index (χ1v) is 9.84. The third-order valence-corrected chi connectivity index (χ3v) is 4.93. The average Bonchev–Trinajstić information content (AvgIpc) is 2.76. The van der Waals surface area contributed by atoms with Gasteiger partial charge < -0.3 is 20.1 Å². The van der Waals surface area contributed by atoms with Crippen molar-refractivity contribution in [3.8, 4) is 5.75 Å². The molecular formula is C21H26N4O4. The molecule has 1 saturated heterocycles. The minimum Gasteiger partial charge on any atom is -0.494 e. The minimum absolute atomic E-state index is 0.0137. The minimum atomic E-state index is -0.820. The molecule has 29 heavy (non-hydrogen) atoms. The number of carboxylic acid groups (broad SMARTS) is 1. The summed E-state index contributed by atoms with van der Waals surface area (Å²) in [6.07, 6.45) is 7.25. The number of carbonyl (C=O) groups excluding carboxylic acids is 1. The third-order valence-electron chi connectivity index (χ3n) is 4.93. The zero-order valence-corrected chi connectivity index (χ0v) is 16.3. The van der Waals surface area contributed by atoms with E-state index in [1.807, 2.05) is 24.3 Å². The van der Waals surface area contributed by atoms with E-state index in [9.17, 15) is 9.59 Å². The maximum Gasteiger partial charge on any atom is 0.303 e. The molecule has 0 spiro atoms. The molecule has 1 fully saturated rings. The summed E-state index contributed by atoms with van der Waals surface area (Å²) in [6, 6.07) is 7.48. The second-order valence-corrected chi connectivity index (χ2v) is 7.03. The van der Waals surface area contributed by atoms with Crippen molar-refractivity contribution in [2.45, 2.75) is 32.2 Å². The Kier molecular flexibility index (Phi) is 7.38. The first kappa shape index (κ1) is 20.6. The van der Waals surface area contributed by atoms with Gasteiger partial charge in [-0.15, -0.1) is 0 Å². The summed E-state index contributed by atoms with van der Waals surface area (Å²) in [5.74, 6) is 0.829. The summed E-state index contributed by atoms with van der Waals surface area (Å²) in [5.41, 5.74) is 0.994. The number of rotatable bonds is 9. The van der Waals surface area contributed by atoms with E-state index in [2.05, 4.69) is 20.2 Å². The molecule has 154 valence electrons. The van der Waals surface area contributed by atoms with Gasteiger partial charge in [-0.05, 0) is 37.0 Å². The number of benzene rings is 1. The van der Waals surface area contributed by atoms with Crippen LogP contribution in [0.1, 0.15) is 31.2 Å². The lowest BCUT2D eigenvalue weighted by atomic mass is 9.96. The number of nitrogens with one attached hydrogen (secondary N) is 1. The number of ether oxygens (including phenoxy) is 1. The lowest BCUT2D eigenvalue weighted by Crippen LogP contribution is -2.40. The Morgan fingerprint density at radius 1 is 1.17 bits per heavy atom. The van der Waals surface area contributed by atoms with Crippen LogP contribution in [0, 0.1) is 5.92 Å². The molecule has 3 rings (SSSR count). The smallest absolute Gasteiger partial charge is 0.303 e. The molecule has 0 atom stereocenters. The van der Waals surface area contributed by atoms with E-state index < -0.39 is 5.97 Å². The lowest BCUT2D eigenvalue weighted by molar-refractivity contribution is -0.137. The van der Waals surface area contributed by atoms with Crippen molar-refractivity contribution in [1.82, 2.24) is 15.3 Å². The van der Waals surface area contributed by atoms with Gasteiger partial charge in [0.25, 0.3) is 0 Å². The topological polar surface area (TPSA) is 105 Å². The van der Waals surface area contributed by atoms with Crippen molar-refractivity contribution >= 4 is 17.7 Å². The van der Waals surface area contributed by atoms with Gasteiger partial charge in [0.2, 0.25) is 5.91 Å². The van der Waals surface area contributed by atoms with Gasteiger partial charge in [-0.2, -0.15) is 0 Å². The Labute approximate surface area is 169 Å². The number of piperidine rings is 1. The molecule has 8 nitrogen and oxygen atoms in total. The number of aliphatic carboxylic acids is 1. The van der Waals surface area contributed by atoms with Crippen LogP contribution < -0.4 is 15.0 Å². The summed E-state index contributed by atoms with van der Waals surface area (Å²) in [4.78, 5) is 33.5. The second-order valence-electron chi connectivity index (χ2n) is 7.03. The van der Waals surface area contributed by atoms with E-state index in [4.69, 9.17) is 9.84 Å². The van der Waals surface area contributed by atoms with Crippen LogP contribution in [0.3, 0.4) is 0 Å². The van der Waals surface area contributed by atoms with Gasteiger partial charge in [0.1, 0.15) is 11.6 Å². The molecule has 2 aromatic rings. The molecule has 1 aliphatic heterocycles. The van der Waals surface area contributed by atoms with E-state index in [1.165, 1.54) is 0 Å². The highest BCUT2D eigenvalue weighted by molar-refractivity contribution is 5.79. The third kappa shape index (κ3) is 6.44. The van der Waals surface area contributed by atoms with Crippen LogP contribution >= 0.6 is 0 Å². The maximum absolute atomic E-state index is 12.5. The molecule has 0 aliphatic carbocycles. The standard InChI is InChI=1S/C21H26N4O4/c26-20(27)2-1-13-29-18-5-3-16(4-6-18)14-24-21(28)17-7-11-25(12-8-17)19-15-22-9-10-23-19/h3-6,9-10,15,17H,1-2,7-8,11-14H2,(H,24,28)(H,26,27). The number of carbonyl (C=O) groups is 2. The van der Waals surface area contributed by atoms with Gasteiger partial charge in [-0.1, -0.05) is 12.1 Å². The van der Waals surface area contributed by atoms with Crippen LogP contribution in [-0.2, 0) is 16.1 Å². The normalized spacial score (nSPS) is 14.4. The molecule has 0 bridgehead atoms. The Morgan fingerprint density at radius 2 is 1.93 bits per heavy atom. The van der Waals surface area contributed by atoms with Gasteiger partial charge in [-0.25, -0.2) is 4.98 Å². The zero-order valence-electron chi connectivity index (χ0n) is 16.3. The van der Waals surface area contributed by atoms with E-state index >= 15 is 0 Å². The van der Waals surface area contributed by atoms with E-state index in [0.29, 0.717) is 25.3 Å². The highest BCUT2D eigenvalue weighted by atomic mass is 16.5. The predicted octanol–water partition coefficient (Wildman–Crippen LogP) is 2.25. The highest BCUT2D eigenvalue weighted by Gasteiger charge is 2.25.